The van der Waals surface area contributed by atoms with Crippen LogP contribution < -0.4 is 0 Å². The Labute approximate surface area is 122 Å². The number of hydrogen-bond donors (Lipinski definition) is 1. The second-order valence-corrected chi connectivity index (χ2v) is 8.75. The highest BCUT2D eigenvalue weighted by molar-refractivity contribution is 7.53. The minimum atomic E-state index is -3.59. The Kier molecular flexibility index (Phi) is 6.68. The summed E-state index contributed by atoms with van der Waals surface area (Å²) >= 11 is 0. The first-order valence-electron chi connectivity index (χ1n) is 7.41. The van der Waals surface area contributed by atoms with Crippen molar-refractivity contribution < 1.29 is 23.5 Å². The smallest absolute Gasteiger partial charge is 0.330 e. The molecule has 0 aromatic heterocycles. The van der Waals surface area contributed by atoms with Crippen LogP contribution in [0.1, 0.15) is 48.0 Å². The Balaban J connectivity index is 2.70. The van der Waals surface area contributed by atoms with E-state index in [0.29, 0.717) is 18.9 Å². The predicted molar refractivity (Wildman–Crippen MR) is 79.0 cm³/mol. The van der Waals surface area contributed by atoms with Crippen LogP contribution in [0.5, 0.6) is 0 Å². The molecule has 4 atom stereocenters. The number of rotatable bonds is 7. The minimum Gasteiger partial charge on any atom is -0.376 e. The molecule has 1 rings (SSSR count). The lowest BCUT2D eigenvalue weighted by Crippen LogP contribution is -2.30. The maximum Gasteiger partial charge on any atom is 0.330 e. The summed E-state index contributed by atoms with van der Waals surface area (Å²) in [5, 5.41) is 0. The summed E-state index contributed by atoms with van der Waals surface area (Å²) in [5.41, 5.74) is -0.410. The van der Waals surface area contributed by atoms with E-state index < -0.39 is 13.3 Å². The largest absolute Gasteiger partial charge is 0.376 e. The zero-order valence-electron chi connectivity index (χ0n) is 13.4. The van der Waals surface area contributed by atoms with Crippen molar-refractivity contribution in [1.29, 1.82) is 0 Å². The van der Waals surface area contributed by atoms with Crippen molar-refractivity contribution in [3.63, 3.8) is 0 Å². The van der Waals surface area contributed by atoms with Crippen LogP contribution in [0, 0.1) is 5.92 Å². The standard InChI is InChI=1S/C14H29O5P/c1-9(2)12-7-13(19-20(15,16)11(5)6)14(18-12)8-17-10(3)4/h9-14H,7-8H2,1-6H3,(H,15,16)/t12-,13-,14-/m1/s1. The van der Waals surface area contributed by atoms with E-state index >= 15 is 0 Å². The third kappa shape index (κ3) is 5.12. The van der Waals surface area contributed by atoms with Crippen molar-refractivity contribution >= 4 is 7.60 Å². The highest BCUT2D eigenvalue weighted by atomic mass is 31.2. The molecular weight excluding hydrogens is 279 g/mol. The van der Waals surface area contributed by atoms with Gasteiger partial charge in [-0.3, -0.25) is 4.57 Å². The average Bonchev–Trinajstić information content (AvgIpc) is 2.68. The second kappa shape index (κ2) is 7.37. The van der Waals surface area contributed by atoms with Gasteiger partial charge in [0.25, 0.3) is 0 Å². The summed E-state index contributed by atoms with van der Waals surface area (Å²) in [5.74, 6) is 0.349. The Hall–Kier alpha value is 0.0700. The molecule has 0 aromatic rings. The zero-order valence-corrected chi connectivity index (χ0v) is 14.3. The van der Waals surface area contributed by atoms with Crippen molar-refractivity contribution in [3.05, 3.63) is 0 Å². The van der Waals surface area contributed by atoms with E-state index in [2.05, 4.69) is 13.8 Å². The fourth-order valence-corrected chi connectivity index (χ4v) is 2.89. The molecule has 1 fully saturated rings. The molecule has 120 valence electrons. The summed E-state index contributed by atoms with van der Waals surface area (Å²) in [4.78, 5) is 9.91. The SMILES string of the molecule is CC(C)OC[C@H]1O[C@@H](C(C)C)C[C@H]1OP(=O)(O)C(C)C. The van der Waals surface area contributed by atoms with Gasteiger partial charge in [-0.2, -0.15) is 0 Å². The molecular formula is C14H29O5P. The van der Waals surface area contributed by atoms with Crippen LogP contribution in [0.2, 0.25) is 0 Å². The molecule has 1 N–H and O–H groups in total. The Morgan fingerprint density at radius 1 is 1.25 bits per heavy atom. The molecule has 0 aliphatic carbocycles. The summed E-state index contributed by atoms with van der Waals surface area (Å²) in [6, 6.07) is 0. The Morgan fingerprint density at radius 3 is 2.30 bits per heavy atom. The van der Waals surface area contributed by atoms with Crippen LogP contribution in [0.4, 0.5) is 0 Å². The summed E-state index contributed by atoms with van der Waals surface area (Å²) in [6.07, 6.45) is 0.140. The highest BCUT2D eigenvalue weighted by Gasteiger charge is 2.42. The molecule has 0 aromatic carbocycles. The molecule has 1 aliphatic heterocycles. The highest BCUT2D eigenvalue weighted by Crippen LogP contribution is 2.50. The van der Waals surface area contributed by atoms with E-state index in [-0.39, 0.29) is 24.4 Å². The third-order valence-corrected chi connectivity index (χ3v) is 5.38. The molecule has 0 bridgehead atoms. The van der Waals surface area contributed by atoms with Crippen molar-refractivity contribution in [3.8, 4) is 0 Å². The van der Waals surface area contributed by atoms with Crippen molar-refractivity contribution in [2.75, 3.05) is 6.61 Å². The maximum absolute atomic E-state index is 12.1. The molecule has 1 aliphatic rings. The van der Waals surface area contributed by atoms with Crippen LogP contribution in [0.15, 0.2) is 0 Å². The first-order chi connectivity index (χ1) is 9.13. The molecule has 6 heteroatoms. The summed E-state index contributed by atoms with van der Waals surface area (Å²) in [7, 11) is -3.59. The first kappa shape index (κ1) is 18.1. The number of hydrogen-bond acceptors (Lipinski definition) is 4. The predicted octanol–water partition coefficient (Wildman–Crippen LogP) is 3.20. The van der Waals surface area contributed by atoms with E-state index in [1.807, 2.05) is 13.8 Å². The minimum absolute atomic E-state index is 0.0490. The van der Waals surface area contributed by atoms with Gasteiger partial charge in [0.05, 0.1) is 30.6 Å². The fraction of sp³-hybridized carbons (Fsp3) is 1.00. The lowest BCUT2D eigenvalue weighted by Gasteiger charge is -2.24. The lowest BCUT2D eigenvalue weighted by molar-refractivity contribution is -0.0632. The van der Waals surface area contributed by atoms with Gasteiger partial charge in [0.15, 0.2) is 0 Å². The molecule has 0 spiro atoms. The topological polar surface area (TPSA) is 65.0 Å². The van der Waals surface area contributed by atoms with Gasteiger partial charge in [-0.25, -0.2) is 0 Å². The van der Waals surface area contributed by atoms with E-state index in [0.717, 1.165) is 0 Å². The van der Waals surface area contributed by atoms with Gasteiger partial charge in [0.2, 0.25) is 0 Å². The van der Waals surface area contributed by atoms with Gasteiger partial charge in [0.1, 0.15) is 6.10 Å². The van der Waals surface area contributed by atoms with Crippen molar-refractivity contribution in [2.45, 2.75) is 78.0 Å². The molecule has 0 radical (unpaired) electrons. The zero-order chi connectivity index (χ0) is 15.5. The Morgan fingerprint density at radius 2 is 1.85 bits per heavy atom. The van der Waals surface area contributed by atoms with E-state index in [9.17, 15) is 9.46 Å². The van der Waals surface area contributed by atoms with E-state index in [1.165, 1.54) is 0 Å². The molecule has 0 saturated carbocycles. The molecule has 0 amide bonds. The normalized spacial score (nSPS) is 30.4. The van der Waals surface area contributed by atoms with Crippen LogP contribution in [0.3, 0.4) is 0 Å². The average molecular weight is 308 g/mol. The molecule has 20 heavy (non-hydrogen) atoms. The third-order valence-electron chi connectivity index (χ3n) is 3.51. The quantitative estimate of drug-likeness (QED) is 0.732. The van der Waals surface area contributed by atoms with Crippen LogP contribution in [0.25, 0.3) is 0 Å². The molecule has 1 unspecified atom stereocenters. The molecule has 1 saturated heterocycles. The van der Waals surface area contributed by atoms with Gasteiger partial charge in [-0.05, 0) is 19.8 Å². The van der Waals surface area contributed by atoms with Gasteiger partial charge >= 0.3 is 7.60 Å². The maximum atomic E-state index is 12.1. The summed E-state index contributed by atoms with van der Waals surface area (Å²) < 4.78 is 29.1. The first-order valence-corrected chi connectivity index (χ1v) is 9.06. The van der Waals surface area contributed by atoms with Crippen molar-refractivity contribution in [2.24, 2.45) is 5.92 Å². The van der Waals surface area contributed by atoms with Gasteiger partial charge in [0, 0.05) is 6.42 Å². The fourth-order valence-electron chi connectivity index (χ4n) is 2.04. The van der Waals surface area contributed by atoms with Crippen LogP contribution in [-0.4, -0.2) is 41.6 Å². The van der Waals surface area contributed by atoms with Crippen molar-refractivity contribution in [1.82, 2.24) is 0 Å². The van der Waals surface area contributed by atoms with Gasteiger partial charge in [-0.1, -0.05) is 27.7 Å². The summed E-state index contributed by atoms with van der Waals surface area (Å²) in [6.45, 7) is 11.8. The van der Waals surface area contributed by atoms with E-state index in [1.54, 1.807) is 13.8 Å². The van der Waals surface area contributed by atoms with Gasteiger partial charge < -0.3 is 18.9 Å². The molecule has 1 heterocycles. The monoisotopic (exact) mass is 308 g/mol. The lowest BCUT2D eigenvalue weighted by atomic mass is 10.0. The molecule has 5 nitrogen and oxygen atoms in total. The van der Waals surface area contributed by atoms with Gasteiger partial charge in [-0.15, -0.1) is 0 Å². The number of ether oxygens (including phenoxy) is 2. The Bertz CT molecular complexity index is 342. The van der Waals surface area contributed by atoms with Crippen LogP contribution in [-0.2, 0) is 18.6 Å². The van der Waals surface area contributed by atoms with Crippen LogP contribution >= 0.6 is 7.60 Å². The van der Waals surface area contributed by atoms with E-state index in [4.69, 9.17) is 14.0 Å². The second-order valence-electron chi connectivity index (χ2n) is 6.38.